The van der Waals surface area contributed by atoms with Crippen molar-refractivity contribution in [1.82, 2.24) is 0 Å². The van der Waals surface area contributed by atoms with E-state index >= 15 is 0 Å². The van der Waals surface area contributed by atoms with Gasteiger partial charge in [0.25, 0.3) is 0 Å². The van der Waals surface area contributed by atoms with Crippen LogP contribution in [0.15, 0.2) is 42.2 Å². The summed E-state index contributed by atoms with van der Waals surface area (Å²) in [5.41, 5.74) is 1.76. The first-order valence-corrected chi connectivity index (χ1v) is 10.1. The summed E-state index contributed by atoms with van der Waals surface area (Å²) in [7, 11) is 2.85. The molecule has 1 heterocycles. The van der Waals surface area contributed by atoms with Crippen LogP contribution in [0.2, 0.25) is 0 Å². The van der Waals surface area contributed by atoms with Gasteiger partial charge in [-0.25, -0.2) is 9.59 Å². The van der Waals surface area contributed by atoms with Crippen molar-refractivity contribution >= 4 is 17.7 Å². The van der Waals surface area contributed by atoms with Crippen molar-refractivity contribution in [3.05, 3.63) is 47.7 Å². The van der Waals surface area contributed by atoms with Gasteiger partial charge in [0.15, 0.2) is 0 Å². The number of aromatic hydroxyl groups is 1. The highest BCUT2D eigenvalue weighted by Gasteiger charge is 2.47. The van der Waals surface area contributed by atoms with E-state index in [0.29, 0.717) is 23.4 Å². The van der Waals surface area contributed by atoms with Crippen LogP contribution in [0.5, 0.6) is 5.75 Å². The molecule has 31 heavy (non-hydrogen) atoms. The Hall–Kier alpha value is -3.40. The second-order valence-electron chi connectivity index (χ2n) is 7.63. The molecular formula is C24H27NO6. The van der Waals surface area contributed by atoms with E-state index in [9.17, 15) is 14.7 Å². The van der Waals surface area contributed by atoms with Crippen LogP contribution in [0.25, 0.3) is 0 Å². The fraction of sp³-hybridized carbons (Fsp3) is 0.417. The minimum Gasteiger partial charge on any atom is -0.508 e. The molecule has 2 aliphatic rings. The van der Waals surface area contributed by atoms with E-state index in [4.69, 9.17) is 14.2 Å². The third-order valence-electron chi connectivity index (χ3n) is 5.92. The Morgan fingerprint density at radius 3 is 2.71 bits per heavy atom. The molecule has 0 radical (unpaired) electrons. The average molecular weight is 425 g/mol. The number of ether oxygens (including phenoxy) is 3. The number of nitrogens with zero attached hydrogens (tertiary/aromatic N) is 1. The molecule has 0 saturated carbocycles. The number of hydrogen-bond donors (Lipinski definition) is 1. The van der Waals surface area contributed by atoms with Crippen LogP contribution in [-0.4, -0.2) is 44.0 Å². The molecule has 1 aromatic rings. The molecule has 7 heteroatoms. The number of allylic oxidation sites excluding steroid dienone is 1. The Labute approximate surface area is 182 Å². The number of anilines is 1. The quantitative estimate of drug-likeness (QED) is 0.254. The van der Waals surface area contributed by atoms with Crippen molar-refractivity contribution in [3.8, 4) is 17.6 Å². The normalized spacial score (nSPS) is 24.5. The number of methoxy groups -OCH3 is 2. The number of benzene rings is 1. The highest BCUT2D eigenvalue weighted by atomic mass is 16.6. The number of hydrogen-bond acceptors (Lipinski definition) is 6. The number of amides is 1. The zero-order valence-corrected chi connectivity index (χ0v) is 18.2. The molecule has 0 saturated heterocycles. The van der Waals surface area contributed by atoms with Crippen LogP contribution < -0.4 is 4.90 Å². The zero-order chi connectivity index (χ0) is 22.7. The predicted octanol–water partition coefficient (Wildman–Crippen LogP) is 3.74. The molecule has 3 rings (SSSR count). The standard InChI is InChI=1S/C24H27NO6/c1-6-12-31-24(28)25-19-9-7-8-17(22(29-4)15(3)23(27)30-5)21(14(19)2)18-13-16(26)10-11-20(18)25/h6,10-11,13-14,17,19,21,26H,1,8,12H2,2-5H3/b22-15-. The van der Waals surface area contributed by atoms with E-state index < -0.39 is 18.1 Å². The molecule has 7 nitrogen and oxygen atoms in total. The minimum absolute atomic E-state index is 0.0816. The van der Waals surface area contributed by atoms with Crippen LogP contribution in [-0.2, 0) is 19.0 Å². The van der Waals surface area contributed by atoms with Gasteiger partial charge >= 0.3 is 12.1 Å². The van der Waals surface area contributed by atoms with E-state index in [1.807, 2.05) is 6.92 Å². The van der Waals surface area contributed by atoms with Gasteiger partial charge in [0, 0.05) is 18.3 Å². The summed E-state index contributed by atoms with van der Waals surface area (Å²) < 4.78 is 15.9. The third-order valence-corrected chi connectivity index (χ3v) is 5.92. The van der Waals surface area contributed by atoms with E-state index in [1.165, 1.54) is 31.3 Å². The molecule has 4 atom stereocenters. The molecule has 0 fully saturated rings. The SMILES string of the molecule is C=CCOC(=O)N1c2ccc(O)cc2C2C(/C(OC)=C(\C)C(=O)OC)CC#CC1C2C. The van der Waals surface area contributed by atoms with Gasteiger partial charge in [-0.2, -0.15) is 0 Å². The first kappa shape index (κ1) is 22.3. The lowest BCUT2D eigenvalue weighted by molar-refractivity contribution is -0.136. The third kappa shape index (κ3) is 3.98. The lowest BCUT2D eigenvalue weighted by Crippen LogP contribution is -2.49. The second-order valence-corrected chi connectivity index (χ2v) is 7.63. The van der Waals surface area contributed by atoms with Gasteiger partial charge in [-0.15, -0.1) is 5.92 Å². The van der Waals surface area contributed by atoms with Crippen molar-refractivity contribution in [2.45, 2.75) is 32.2 Å². The molecule has 1 amide bonds. The summed E-state index contributed by atoms with van der Waals surface area (Å²) in [5.74, 6) is 5.93. The van der Waals surface area contributed by atoms with Crippen molar-refractivity contribution in [2.75, 3.05) is 25.7 Å². The molecule has 1 aliphatic heterocycles. The van der Waals surface area contributed by atoms with Crippen LogP contribution >= 0.6 is 0 Å². The maximum atomic E-state index is 12.9. The number of esters is 1. The maximum absolute atomic E-state index is 12.9. The fourth-order valence-electron chi connectivity index (χ4n) is 4.58. The number of carbonyl (C=O) groups excluding carboxylic acids is 2. The van der Waals surface area contributed by atoms with Crippen molar-refractivity contribution in [1.29, 1.82) is 0 Å². The van der Waals surface area contributed by atoms with Gasteiger partial charge in [0.2, 0.25) is 0 Å². The molecule has 164 valence electrons. The predicted molar refractivity (Wildman–Crippen MR) is 115 cm³/mol. The number of rotatable bonds is 5. The summed E-state index contributed by atoms with van der Waals surface area (Å²) >= 11 is 0. The van der Waals surface area contributed by atoms with Crippen LogP contribution in [0.4, 0.5) is 10.5 Å². The summed E-state index contributed by atoms with van der Waals surface area (Å²) in [5, 5.41) is 10.2. The van der Waals surface area contributed by atoms with E-state index in [1.54, 1.807) is 19.1 Å². The van der Waals surface area contributed by atoms with Gasteiger partial charge in [-0.05, 0) is 36.6 Å². The lowest BCUT2D eigenvalue weighted by Gasteiger charge is -2.44. The molecule has 4 unspecified atom stereocenters. The lowest BCUT2D eigenvalue weighted by atomic mass is 9.70. The highest BCUT2D eigenvalue weighted by molar-refractivity contribution is 5.92. The van der Waals surface area contributed by atoms with Gasteiger partial charge in [0.05, 0.1) is 25.5 Å². The van der Waals surface area contributed by atoms with Crippen molar-refractivity contribution in [3.63, 3.8) is 0 Å². The zero-order valence-electron chi connectivity index (χ0n) is 18.2. The molecule has 1 aromatic carbocycles. The van der Waals surface area contributed by atoms with Crippen LogP contribution in [0, 0.1) is 23.7 Å². The number of phenols is 1. The van der Waals surface area contributed by atoms with E-state index in [2.05, 4.69) is 18.4 Å². The average Bonchev–Trinajstić information content (AvgIpc) is 2.87. The Morgan fingerprint density at radius 2 is 2.06 bits per heavy atom. The van der Waals surface area contributed by atoms with Gasteiger partial charge < -0.3 is 19.3 Å². The van der Waals surface area contributed by atoms with E-state index in [-0.39, 0.29) is 30.1 Å². The molecule has 0 spiro atoms. The Balaban J connectivity index is 2.18. The summed E-state index contributed by atoms with van der Waals surface area (Å²) in [6.45, 7) is 7.34. The second kappa shape index (κ2) is 9.17. The van der Waals surface area contributed by atoms with Gasteiger partial charge in [-0.1, -0.05) is 25.5 Å². The molecular weight excluding hydrogens is 398 g/mol. The first-order chi connectivity index (χ1) is 14.8. The van der Waals surface area contributed by atoms with Gasteiger partial charge in [0.1, 0.15) is 24.2 Å². The summed E-state index contributed by atoms with van der Waals surface area (Å²) in [6, 6.07) is 4.45. The first-order valence-electron chi connectivity index (χ1n) is 10.1. The smallest absolute Gasteiger partial charge is 0.415 e. The number of carbonyl (C=O) groups is 2. The molecule has 1 aliphatic carbocycles. The molecule has 1 N–H and O–H groups in total. The minimum atomic E-state index is -0.525. The molecule has 0 aromatic heterocycles. The van der Waals surface area contributed by atoms with Crippen LogP contribution in [0.3, 0.4) is 0 Å². The Kier molecular flexibility index (Phi) is 6.59. The van der Waals surface area contributed by atoms with Crippen molar-refractivity contribution in [2.24, 2.45) is 11.8 Å². The van der Waals surface area contributed by atoms with Crippen LogP contribution in [0.1, 0.15) is 31.7 Å². The largest absolute Gasteiger partial charge is 0.508 e. The fourth-order valence-corrected chi connectivity index (χ4v) is 4.58. The number of phenolic OH excluding ortho intramolecular Hbond substituents is 1. The monoisotopic (exact) mass is 425 g/mol. The Morgan fingerprint density at radius 1 is 1.32 bits per heavy atom. The topological polar surface area (TPSA) is 85.3 Å². The molecule has 2 bridgehead atoms. The van der Waals surface area contributed by atoms with Gasteiger partial charge in [-0.3, -0.25) is 4.90 Å². The van der Waals surface area contributed by atoms with E-state index in [0.717, 1.165) is 5.56 Å². The maximum Gasteiger partial charge on any atom is 0.415 e. The highest BCUT2D eigenvalue weighted by Crippen LogP contribution is 2.51. The number of fused-ring (bicyclic) bond motifs is 4. The van der Waals surface area contributed by atoms with Crippen molar-refractivity contribution < 1.29 is 28.9 Å². The Bertz CT molecular complexity index is 986. The summed E-state index contributed by atoms with van der Waals surface area (Å²) in [6.07, 6.45) is 1.41. The summed E-state index contributed by atoms with van der Waals surface area (Å²) in [4.78, 5) is 26.7.